The average Bonchev–Trinajstić information content (AvgIpc) is 2.82. The van der Waals surface area contributed by atoms with Gasteiger partial charge in [0.2, 0.25) is 15.9 Å². The summed E-state index contributed by atoms with van der Waals surface area (Å²) in [5, 5.41) is 0.633. The summed E-state index contributed by atoms with van der Waals surface area (Å²) in [4.78, 5) is 24.4. The summed E-state index contributed by atoms with van der Waals surface area (Å²) in [6, 6.07) is 11.0. The van der Waals surface area contributed by atoms with Crippen LogP contribution in [0.3, 0.4) is 0 Å². The molecule has 2 N–H and O–H groups in total. The molecule has 8 nitrogen and oxygen atoms in total. The highest BCUT2D eigenvalue weighted by atomic mass is 35.5. The number of ether oxygens (including phenoxy) is 1. The van der Waals surface area contributed by atoms with E-state index in [0.717, 1.165) is 24.8 Å². The quantitative estimate of drug-likeness (QED) is 0.433. The van der Waals surface area contributed by atoms with Gasteiger partial charge in [-0.05, 0) is 74.2 Å². The maximum Gasteiger partial charge on any atom is 0.269 e. The highest BCUT2D eigenvalue weighted by molar-refractivity contribution is 7.89. The number of halogens is 1. The lowest BCUT2D eigenvalue weighted by Gasteiger charge is -2.25. The predicted molar refractivity (Wildman–Crippen MR) is 126 cm³/mol. The fourth-order valence-electron chi connectivity index (χ4n) is 3.48. The molecule has 0 spiro atoms. The highest BCUT2D eigenvalue weighted by Crippen LogP contribution is 2.22. The average molecular weight is 494 g/mol. The lowest BCUT2D eigenvalue weighted by molar-refractivity contribution is -0.122. The molecule has 178 valence electrons. The first-order valence-corrected chi connectivity index (χ1v) is 12.7. The number of aryl methyl sites for hydroxylation is 1. The van der Waals surface area contributed by atoms with E-state index in [1.807, 2.05) is 6.92 Å². The van der Waals surface area contributed by atoms with Crippen LogP contribution >= 0.6 is 11.6 Å². The first-order valence-electron chi connectivity index (χ1n) is 10.9. The van der Waals surface area contributed by atoms with Crippen molar-refractivity contribution in [3.63, 3.8) is 0 Å². The molecule has 0 atom stereocenters. The van der Waals surface area contributed by atoms with E-state index < -0.39 is 15.9 Å². The number of piperidine rings is 1. The van der Waals surface area contributed by atoms with Gasteiger partial charge in [-0.15, -0.1) is 0 Å². The standard InChI is InChI=1S/C23H28ClN3O5S/c1-17-16-19(24)9-12-21(17)32-15-5-6-22(28)25-26-23(29)18-7-10-20(11-8-18)33(30,31)27-13-3-2-4-14-27/h7-12,16H,2-6,13-15H2,1H3,(H,25,28)(H,26,29). The van der Waals surface area contributed by atoms with Crippen LogP contribution in [0.25, 0.3) is 0 Å². The van der Waals surface area contributed by atoms with Gasteiger partial charge >= 0.3 is 0 Å². The van der Waals surface area contributed by atoms with Gasteiger partial charge in [-0.25, -0.2) is 8.42 Å². The zero-order chi connectivity index (χ0) is 23.8. The minimum atomic E-state index is -3.55. The Labute approximate surface area is 199 Å². The Morgan fingerprint density at radius 3 is 2.39 bits per heavy atom. The van der Waals surface area contributed by atoms with E-state index >= 15 is 0 Å². The molecule has 0 saturated carbocycles. The van der Waals surface area contributed by atoms with E-state index in [0.29, 0.717) is 36.9 Å². The summed E-state index contributed by atoms with van der Waals surface area (Å²) in [5.74, 6) is -0.179. The minimum absolute atomic E-state index is 0.154. The van der Waals surface area contributed by atoms with Crippen molar-refractivity contribution in [2.45, 2.75) is 43.9 Å². The van der Waals surface area contributed by atoms with Crippen LogP contribution in [0.4, 0.5) is 0 Å². The molecule has 2 amide bonds. The van der Waals surface area contributed by atoms with Crippen molar-refractivity contribution in [2.75, 3.05) is 19.7 Å². The number of carbonyl (C=O) groups is 2. The molecular weight excluding hydrogens is 466 g/mol. The number of hydrazine groups is 1. The van der Waals surface area contributed by atoms with Gasteiger partial charge in [0, 0.05) is 30.1 Å². The number of hydrogen-bond donors (Lipinski definition) is 2. The van der Waals surface area contributed by atoms with Gasteiger partial charge in [0.05, 0.1) is 11.5 Å². The first kappa shape index (κ1) is 25.0. The summed E-state index contributed by atoms with van der Waals surface area (Å²) >= 11 is 5.91. The van der Waals surface area contributed by atoms with Gasteiger partial charge in [0.1, 0.15) is 5.75 Å². The minimum Gasteiger partial charge on any atom is -0.493 e. The van der Waals surface area contributed by atoms with Crippen LogP contribution in [-0.2, 0) is 14.8 Å². The van der Waals surface area contributed by atoms with Crippen LogP contribution in [0.15, 0.2) is 47.4 Å². The van der Waals surface area contributed by atoms with Gasteiger partial charge in [0.25, 0.3) is 5.91 Å². The van der Waals surface area contributed by atoms with Crippen LogP contribution in [0.5, 0.6) is 5.75 Å². The van der Waals surface area contributed by atoms with Crippen molar-refractivity contribution in [3.8, 4) is 5.75 Å². The lowest BCUT2D eigenvalue weighted by atomic mass is 10.2. The van der Waals surface area contributed by atoms with Crippen molar-refractivity contribution in [1.82, 2.24) is 15.2 Å². The van der Waals surface area contributed by atoms with Gasteiger partial charge in [-0.1, -0.05) is 18.0 Å². The molecule has 0 radical (unpaired) electrons. The Bertz CT molecular complexity index is 1080. The second kappa shape index (κ2) is 11.5. The molecule has 1 saturated heterocycles. The van der Waals surface area contributed by atoms with Crippen molar-refractivity contribution in [1.29, 1.82) is 0 Å². The van der Waals surface area contributed by atoms with Gasteiger partial charge in [-0.3, -0.25) is 20.4 Å². The molecule has 0 aliphatic carbocycles. The summed E-state index contributed by atoms with van der Waals surface area (Å²) in [7, 11) is -3.55. The second-order valence-electron chi connectivity index (χ2n) is 7.85. The van der Waals surface area contributed by atoms with Crippen LogP contribution < -0.4 is 15.6 Å². The third kappa shape index (κ3) is 6.93. The molecule has 1 fully saturated rings. The summed E-state index contributed by atoms with van der Waals surface area (Å²) in [6.45, 7) is 3.26. The number of amides is 2. The highest BCUT2D eigenvalue weighted by Gasteiger charge is 2.25. The Balaban J connectivity index is 1.42. The number of benzene rings is 2. The van der Waals surface area contributed by atoms with Gasteiger partial charge in [0.15, 0.2) is 0 Å². The van der Waals surface area contributed by atoms with Gasteiger partial charge < -0.3 is 4.74 Å². The van der Waals surface area contributed by atoms with Crippen LogP contribution in [0.2, 0.25) is 5.02 Å². The number of rotatable bonds is 8. The maximum atomic E-state index is 12.7. The Hall–Kier alpha value is -2.62. The molecule has 0 unspecified atom stereocenters. The molecule has 1 heterocycles. The zero-order valence-corrected chi connectivity index (χ0v) is 20.0. The molecular formula is C23H28ClN3O5S. The maximum absolute atomic E-state index is 12.7. The molecule has 3 rings (SSSR count). The molecule has 2 aromatic carbocycles. The number of hydrogen-bond acceptors (Lipinski definition) is 5. The Morgan fingerprint density at radius 1 is 1.03 bits per heavy atom. The largest absolute Gasteiger partial charge is 0.493 e. The predicted octanol–water partition coefficient (Wildman–Crippen LogP) is 3.44. The molecule has 0 aromatic heterocycles. The molecule has 1 aliphatic heterocycles. The number of carbonyl (C=O) groups excluding carboxylic acids is 2. The number of nitrogens with zero attached hydrogens (tertiary/aromatic N) is 1. The normalized spacial score (nSPS) is 14.5. The SMILES string of the molecule is Cc1cc(Cl)ccc1OCCCC(=O)NNC(=O)c1ccc(S(=O)(=O)N2CCCCC2)cc1. The smallest absolute Gasteiger partial charge is 0.269 e. The molecule has 1 aliphatic rings. The molecule has 10 heteroatoms. The summed E-state index contributed by atoms with van der Waals surface area (Å²) < 4.78 is 32.5. The third-order valence-corrected chi connectivity index (χ3v) is 7.48. The van der Waals surface area contributed by atoms with Crippen LogP contribution in [-0.4, -0.2) is 44.2 Å². The van der Waals surface area contributed by atoms with E-state index in [2.05, 4.69) is 10.9 Å². The molecule has 2 aromatic rings. The monoisotopic (exact) mass is 493 g/mol. The lowest BCUT2D eigenvalue weighted by Crippen LogP contribution is -2.41. The fraction of sp³-hybridized carbons (Fsp3) is 0.391. The molecule has 33 heavy (non-hydrogen) atoms. The summed E-state index contributed by atoms with van der Waals surface area (Å²) in [5.41, 5.74) is 5.85. The zero-order valence-electron chi connectivity index (χ0n) is 18.5. The van der Waals surface area contributed by atoms with Crippen LogP contribution in [0.1, 0.15) is 48.0 Å². The molecule has 0 bridgehead atoms. The topological polar surface area (TPSA) is 105 Å². The number of sulfonamides is 1. The fourth-order valence-corrected chi connectivity index (χ4v) is 5.23. The summed E-state index contributed by atoms with van der Waals surface area (Å²) in [6.07, 6.45) is 3.37. The Kier molecular flexibility index (Phi) is 8.71. The van der Waals surface area contributed by atoms with Crippen molar-refractivity contribution < 1.29 is 22.7 Å². The van der Waals surface area contributed by atoms with E-state index in [1.54, 1.807) is 18.2 Å². The third-order valence-electron chi connectivity index (χ3n) is 5.33. The van der Waals surface area contributed by atoms with E-state index in [9.17, 15) is 18.0 Å². The van der Waals surface area contributed by atoms with Crippen molar-refractivity contribution in [2.24, 2.45) is 0 Å². The first-order chi connectivity index (χ1) is 15.8. The van der Waals surface area contributed by atoms with E-state index in [-0.39, 0.29) is 22.8 Å². The second-order valence-corrected chi connectivity index (χ2v) is 10.2. The van der Waals surface area contributed by atoms with Gasteiger partial charge in [-0.2, -0.15) is 4.31 Å². The van der Waals surface area contributed by atoms with E-state index in [4.69, 9.17) is 16.3 Å². The number of nitrogens with one attached hydrogen (secondary N) is 2. The van der Waals surface area contributed by atoms with Crippen LogP contribution in [0, 0.1) is 6.92 Å². The van der Waals surface area contributed by atoms with E-state index in [1.165, 1.54) is 28.6 Å². The Morgan fingerprint density at radius 2 is 1.73 bits per heavy atom. The van der Waals surface area contributed by atoms with Crippen molar-refractivity contribution >= 4 is 33.4 Å². The van der Waals surface area contributed by atoms with Crippen molar-refractivity contribution in [3.05, 3.63) is 58.6 Å².